The van der Waals surface area contributed by atoms with E-state index < -0.39 is 0 Å². The molecule has 0 saturated carbocycles. The number of anilines is 1. The van der Waals surface area contributed by atoms with E-state index in [0.717, 1.165) is 25.7 Å². The zero-order valence-corrected chi connectivity index (χ0v) is 22.8. The molecule has 5 rings (SSSR count). The Bertz CT molecular complexity index is 1580. The average Bonchev–Trinajstić information content (AvgIpc) is 3.10. The summed E-state index contributed by atoms with van der Waals surface area (Å²) in [7, 11) is 1.58. The Labute approximate surface area is 224 Å². The summed E-state index contributed by atoms with van der Waals surface area (Å²) in [6, 6.07) is 18.7. The molecular formula is C27H21BrIN3O3. The topological polar surface area (TPSA) is 64.4 Å². The number of amides is 1. The molecule has 0 spiro atoms. The molecule has 35 heavy (non-hydrogen) atoms. The van der Waals surface area contributed by atoms with Crippen molar-refractivity contribution in [3.63, 3.8) is 0 Å². The number of hydrogen-bond donors (Lipinski definition) is 0. The van der Waals surface area contributed by atoms with E-state index in [4.69, 9.17) is 9.72 Å². The molecule has 1 aliphatic rings. The third-order valence-electron chi connectivity index (χ3n) is 5.90. The molecule has 176 valence electrons. The number of nitrogens with zero attached hydrogens (tertiary/aromatic N) is 3. The van der Waals surface area contributed by atoms with Gasteiger partial charge in [0.15, 0.2) is 0 Å². The van der Waals surface area contributed by atoms with Crippen molar-refractivity contribution in [2.75, 3.05) is 18.6 Å². The number of carbonyl (C=O) groups is 1. The smallest absolute Gasteiger partial charge is 0.266 e. The number of rotatable bonds is 5. The highest BCUT2D eigenvalue weighted by molar-refractivity contribution is 14.1. The van der Waals surface area contributed by atoms with Gasteiger partial charge in [-0.05, 0) is 83.6 Å². The van der Waals surface area contributed by atoms with Crippen LogP contribution in [-0.2, 0) is 4.79 Å². The molecule has 0 aliphatic carbocycles. The first-order valence-electron chi connectivity index (χ1n) is 11.1. The van der Waals surface area contributed by atoms with Crippen molar-refractivity contribution in [3.8, 4) is 11.4 Å². The van der Waals surface area contributed by atoms with Crippen LogP contribution in [0.15, 0.2) is 69.9 Å². The molecule has 1 aromatic heterocycles. The van der Waals surface area contributed by atoms with E-state index in [1.165, 1.54) is 0 Å². The fourth-order valence-electron chi connectivity index (χ4n) is 4.31. The Morgan fingerprint density at radius 3 is 2.69 bits per heavy atom. The highest BCUT2D eigenvalue weighted by Crippen LogP contribution is 2.39. The summed E-state index contributed by atoms with van der Waals surface area (Å²) in [6.07, 6.45) is 2.55. The van der Waals surface area contributed by atoms with E-state index >= 15 is 0 Å². The van der Waals surface area contributed by atoms with Crippen LogP contribution in [-0.4, -0.2) is 29.1 Å². The standard InChI is InChI=1S/C27H21BrIN3O3/c1-3-11-31-24-10-7-16(28)12-20(24)21(26(31)33)15-25-30-23-9-8-17(29)13-22(23)27(34)32(25)18-5-4-6-19(14-18)35-2/h4-10,12-15H,3,11H2,1-2H3/b21-15-. The van der Waals surface area contributed by atoms with Gasteiger partial charge >= 0.3 is 0 Å². The van der Waals surface area contributed by atoms with E-state index in [9.17, 15) is 9.59 Å². The van der Waals surface area contributed by atoms with Gasteiger partial charge in [0.05, 0.1) is 35.0 Å². The van der Waals surface area contributed by atoms with Gasteiger partial charge in [0, 0.05) is 26.2 Å². The maximum absolute atomic E-state index is 13.8. The van der Waals surface area contributed by atoms with Crippen molar-refractivity contribution in [1.82, 2.24) is 9.55 Å². The summed E-state index contributed by atoms with van der Waals surface area (Å²) < 4.78 is 8.75. The number of benzene rings is 3. The van der Waals surface area contributed by atoms with Crippen LogP contribution in [0.5, 0.6) is 5.75 Å². The van der Waals surface area contributed by atoms with Crippen molar-refractivity contribution in [3.05, 3.63) is 90.4 Å². The van der Waals surface area contributed by atoms with Gasteiger partial charge in [0.25, 0.3) is 11.5 Å². The first kappa shape index (κ1) is 23.7. The Morgan fingerprint density at radius 2 is 1.91 bits per heavy atom. The summed E-state index contributed by atoms with van der Waals surface area (Å²) in [4.78, 5) is 33.9. The first-order chi connectivity index (χ1) is 16.9. The second kappa shape index (κ2) is 9.58. The predicted octanol–water partition coefficient (Wildman–Crippen LogP) is 6.06. The number of hydrogen-bond acceptors (Lipinski definition) is 4. The molecule has 0 N–H and O–H groups in total. The molecule has 0 fully saturated rings. The summed E-state index contributed by atoms with van der Waals surface area (Å²) >= 11 is 5.72. The highest BCUT2D eigenvalue weighted by Gasteiger charge is 2.32. The normalized spacial score (nSPS) is 14.1. The van der Waals surface area contributed by atoms with Crippen molar-refractivity contribution in [1.29, 1.82) is 0 Å². The second-order valence-electron chi connectivity index (χ2n) is 8.15. The quantitative estimate of drug-likeness (QED) is 0.196. The van der Waals surface area contributed by atoms with Crippen LogP contribution < -0.4 is 15.2 Å². The zero-order valence-electron chi connectivity index (χ0n) is 19.1. The van der Waals surface area contributed by atoms with Crippen molar-refractivity contribution < 1.29 is 9.53 Å². The van der Waals surface area contributed by atoms with E-state index in [1.807, 2.05) is 61.5 Å². The lowest BCUT2D eigenvalue weighted by Gasteiger charge is -2.15. The predicted molar refractivity (Wildman–Crippen MR) is 151 cm³/mol. The van der Waals surface area contributed by atoms with E-state index in [-0.39, 0.29) is 11.5 Å². The molecular weight excluding hydrogens is 621 g/mol. The van der Waals surface area contributed by atoms with Gasteiger partial charge in [-0.25, -0.2) is 4.98 Å². The van der Waals surface area contributed by atoms with Crippen LogP contribution in [0.2, 0.25) is 0 Å². The minimum absolute atomic E-state index is 0.103. The zero-order chi connectivity index (χ0) is 24.7. The van der Waals surface area contributed by atoms with Gasteiger partial charge in [0.2, 0.25) is 0 Å². The Balaban J connectivity index is 1.81. The van der Waals surface area contributed by atoms with Crippen molar-refractivity contribution in [2.45, 2.75) is 13.3 Å². The molecule has 0 bridgehead atoms. The summed E-state index contributed by atoms with van der Waals surface area (Å²) in [5, 5.41) is 0.510. The van der Waals surface area contributed by atoms with Crippen molar-refractivity contribution >= 4 is 72.7 Å². The number of aromatic nitrogens is 2. The monoisotopic (exact) mass is 641 g/mol. The number of methoxy groups -OCH3 is 1. The fourth-order valence-corrected chi connectivity index (χ4v) is 5.17. The average molecular weight is 642 g/mol. The number of halogens is 2. The maximum Gasteiger partial charge on any atom is 0.266 e. The molecule has 0 unspecified atom stereocenters. The lowest BCUT2D eigenvalue weighted by Crippen LogP contribution is -2.27. The molecule has 6 nitrogen and oxygen atoms in total. The van der Waals surface area contributed by atoms with Gasteiger partial charge < -0.3 is 9.64 Å². The third kappa shape index (κ3) is 4.29. The SMILES string of the molecule is CCCN1C(=O)/C(=C\c2nc3ccc(I)cc3c(=O)n2-c2cccc(OC)c2)c2cc(Br)ccc21. The third-order valence-corrected chi connectivity index (χ3v) is 7.07. The summed E-state index contributed by atoms with van der Waals surface area (Å²) in [5.74, 6) is 0.898. The molecule has 2 heterocycles. The van der Waals surface area contributed by atoms with E-state index in [1.54, 1.807) is 28.7 Å². The minimum Gasteiger partial charge on any atom is -0.497 e. The van der Waals surface area contributed by atoms with E-state index in [2.05, 4.69) is 38.5 Å². The molecule has 0 atom stereocenters. The second-order valence-corrected chi connectivity index (χ2v) is 10.3. The van der Waals surface area contributed by atoms with Crippen LogP contribution in [0.25, 0.3) is 28.2 Å². The summed E-state index contributed by atoms with van der Waals surface area (Å²) in [5.41, 5.74) is 3.15. The highest BCUT2D eigenvalue weighted by atomic mass is 127. The lowest BCUT2D eigenvalue weighted by atomic mass is 10.1. The Hall–Kier alpha value is -2.98. The molecule has 4 aromatic rings. The van der Waals surface area contributed by atoms with Crippen LogP contribution in [0.3, 0.4) is 0 Å². The largest absolute Gasteiger partial charge is 0.497 e. The molecule has 1 amide bonds. The van der Waals surface area contributed by atoms with Gasteiger partial charge in [0.1, 0.15) is 11.6 Å². The number of carbonyl (C=O) groups excluding carboxylic acids is 1. The first-order valence-corrected chi connectivity index (χ1v) is 13.0. The summed E-state index contributed by atoms with van der Waals surface area (Å²) in [6.45, 7) is 2.65. The maximum atomic E-state index is 13.8. The molecule has 8 heteroatoms. The molecule has 1 aliphatic heterocycles. The van der Waals surface area contributed by atoms with Crippen molar-refractivity contribution in [2.24, 2.45) is 0 Å². The van der Waals surface area contributed by atoms with Gasteiger partial charge in [-0.1, -0.05) is 28.9 Å². The molecule has 0 radical (unpaired) electrons. The Kier molecular flexibility index (Phi) is 6.50. The lowest BCUT2D eigenvalue weighted by molar-refractivity contribution is -0.113. The van der Waals surface area contributed by atoms with Crippen LogP contribution in [0.4, 0.5) is 5.69 Å². The van der Waals surface area contributed by atoms with Crippen LogP contribution in [0, 0.1) is 3.57 Å². The van der Waals surface area contributed by atoms with E-state index in [0.29, 0.717) is 40.3 Å². The Morgan fingerprint density at radius 1 is 1.09 bits per heavy atom. The van der Waals surface area contributed by atoms with Gasteiger partial charge in [-0.15, -0.1) is 0 Å². The number of ether oxygens (including phenoxy) is 1. The van der Waals surface area contributed by atoms with Gasteiger partial charge in [-0.3, -0.25) is 14.2 Å². The minimum atomic E-state index is -0.209. The van der Waals surface area contributed by atoms with Crippen LogP contribution >= 0.6 is 38.5 Å². The molecule has 3 aromatic carbocycles. The number of fused-ring (bicyclic) bond motifs is 2. The fraction of sp³-hybridized carbons (Fsp3) is 0.148. The van der Waals surface area contributed by atoms with Gasteiger partial charge in [-0.2, -0.15) is 0 Å². The molecule has 0 saturated heterocycles. The van der Waals surface area contributed by atoms with Crippen LogP contribution in [0.1, 0.15) is 24.7 Å².